The Labute approximate surface area is 210 Å². The molecule has 1 aliphatic rings. The van der Waals surface area contributed by atoms with E-state index < -0.39 is 0 Å². The summed E-state index contributed by atoms with van der Waals surface area (Å²) >= 11 is 0. The number of piperazine rings is 1. The van der Waals surface area contributed by atoms with Gasteiger partial charge in [0, 0.05) is 57.2 Å². The highest BCUT2D eigenvalue weighted by Crippen LogP contribution is 2.27. The summed E-state index contributed by atoms with van der Waals surface area (Å²) < 4.78 is 12.4. The normalized spacial score (nSPS) is 14.7. The van der Waals surface area contributed by atoms with Crippen LogP contribution in [0.2, 0.25) is 0 Å². The van der Waals surface area contributed by atoms with Crippen molar-refractivity contribution >= 4 is 0 Å². The predicted molar refractivity (Wildman–Crippen MR) is 143 cm³/mol. The molecule has 3 aromatic carbocycles. The summed E-state index contributed by atoms with van der Waals surface area (Å²) in [7, 11) is 0. The van der Waals surface area contributed by atoms with Crippen molar-refractivity contribution in [1.82, 2.24) is 9.80 Å². The zero-order valence-electron chi connectivity index (χ0n) is 20.8. The Morgan fingerprint density at radius 1 is 0.686 bits per heavy atom. The first-order valence-electron chi connectivity index (χ1n) is 12.9. The minimum Gasteiger partial charge on any atom is -0.493 e. The van der Waals surface area contributed by atoms with Crippen LogP contribution < -0.4 is 15.2 Å². The lowest BCUT2D eigenvalue weighted by Crippen LogP contribution is -2.46. The van der Waals surface area contributed by atoms with Crippen LogP contribution in [0.1, 0.15) is 23.1 Å². The van der Waals surface area contributed by atoms with Crippen LogP contribution in [0.3, 0.4) is 0 Å². The van der Waals surface area contributed by atoms with Crippen molar-refractivity contribution in [2.75, 3.05) is 52.5 Å². The van der Waals surface area contributed by atoms with Crippen molar-refractivity contribution in [3.8, 4) is 11.5 Å². The maximum atomic E-state index is 6.33. The fourth-order valence-corrected chi connectivity index (χ4v) is 4.47. The number of nitrogens with zero attached hydrogens (tertiary/aromatic N) is 2. The number of hydrogen-bond acceptors (Lipinski definition) is 5. The van der Waals surface area contributed by atoms with Crippen LogP contribution in [0.15, 0.2) is 78.9 Å². The van der Waals surface area contributed by atoms with Gasteiger partial charge in [-0.1, -0.05) is 66.7 Å². The molecule has 0 saturated carbocycles. The topological polar surface area (TPSA) is 51.0 Å². The molecular formula is C30H39N3O2. The van der Waals surface area contributed by atoms with E-state index in [1.54, 1.807) is 0 Å². The van der Waals surface area contributed by atoms with E-state index in [0.29, 0.717) is 13.2 Å². The Balaban J connectivity index is 1.36. The maximum absolute atomic E-state index is 6.33. The minimum absolute atomic E-state index is 0.650. The maximum Gasteiger partial charge on any atom is 0.127 e. The van der Waals surface area contributed by atoms with Gasteiger partial charge in [-0.05, 0) is 36.7 Å². The van der Waals surface area contributed by atoms with Crippen molar-refractivity contribution in [2.24, 2.45) is 5.73 Å². The van der Waals surface area contributed by atoms with E-state index in [0.717, 1.165) is 76.6 Å². The Hall–Kier alpha value is -2.86. The molecule has 0 amide bonds. The predicted octanol–water partition coefficient (Wildman–Crippen LogP) is 4.40. The Morgan fingerprint density at radius 2 is 1.29 bits per heavy atom. The molecule has 1 heterocycles. The van der Waals surface area contributed by atoms with Crippen molar-refractivity contribution in [2.45, 2.75) is 25.8 Å². The standard InChI is InChI=1S/C30H39N3O2/c31-16-7-17-32-18-20-33(21-19-32)25-28-12-13-29(34-22-14-26-8-3-1-4-9-26)24-30(28)35-23-15-27-10-5-2-6-11-27/h1-6,8-13,24H,7,14-23,25,31H2. The highest BCUT2D eigenvalue weighted by atomic mass is 16.5. The van der Waals surface area contributed by atoms with Crippen LogP contribution in [0.5, 0.6) is 11.5 Å². The highest BCUT2D eigenvalue weighted by Gasteiger charge is 2.18. The lowest BCUT2D eigenvalue weighted by atomic mass is 10.1. The third-order valence-electron chi connectivity index (χ3n) is 6.57. The molecule has 0 radical (unpaired) electrons. The van der Waals surface area contributed by atoms with Gasteiger partial charge < -0.3 is 20.1 Å². The molecular weight excluding hydrogens is 434 g/mol. The molecule has 0 aromatic heterocycles. The first-order valence-corrected chi connectivity index (χ1v) is 12.9. The van der Waals surface area contributed by atoms with Crippen molar-refractivity contribution < 1.29 is 9.47 Å². The Kier molecular flexibility index (Phi) is 10.0. The first-order chi connectivity index (χ1) is 17.3. The van der Waals surface area contributed by atoms with Gasteiger partial charge in [0.25, 0.3) is 0 Å². The van der Waals surface area contributed by atoms with Gasteiger partial charge in [-0.3, -0.25) is 4.90 Å². The van der Waals surface area contributed by atoms with Gasteiger partial charge in [-0.2, -0.15) is 0 Å². The zero-order chi connectivity index (χ0) is 24.1. The smallest absolute Gasteiger partial charge is 0.127 e. The summed E-state index contributed by atoms with van der Waals surface area (Å²) in [6, 6.07) is 27.3. The van der Waals surface area contributed by atoms with Gasteiger partial charge >= 0.3 is 0 Å². The SMILES string of the molecule is NCCCN1CCN(Cc2ccc(OCCc3ccccc3)cc2OCCc2ccccc2)CC1. The molecule has 186 valence electrons. The van der Waals surface area contributed by atoms with Crippen LogP contribution in [0.4, 0.5) is 0 Å². The monoisotopic (exact) mass is 473 g/mol. The van der Waals surface area contributed by atoms with E-state index in [1.165, 1.54) is 16.7 Å². The van der Waals surface area contributed by atoms with Gasteiger partial charge in [0.05, 0.1) is 13.2 Å². The van der Waals surface area contributed by atoms with E-state index >= 15 is 0 Å². The molecule has 0 aliphatic carbocycles. The lowest BCUT2D eigenvalue weighted by Gasteiger charge is -2.35. The number of hydrogen-bond donors (Lipinski definition) is 1. The zero-order valence-corrected chi connectivity index (χ0v) is 20.8. The van der Waals surface area contributed by atoms with Crippen molar-refractivity contribution in [3.05, 3.63) is 95.6 Å². The fourth-order valence-electron chi connectivity index (χ4n) is 4.47. The van der Waals surface area contributed by atoms with E-state index in [1.807, 2.05) is 6.07 Å². The summed E-state index contributed by atoms with van der Waals surface area (Å²) in [4.78, 5) is 5.04. The average molecular weight is 474 g/mol. The summed E-state index contributed by atoms with van der Waals surface area (Å²) in [5, 5.41) is 0. The molecule has 0 bridgehead atoms. The third kappa shape index (κ3) is 8.39. The molecule has 0 spiro atoms. The molecule has 2 N–H and O–H groups in total. The van der Waals surface area contributed by atoms with E-state index in [2.05, 4.69) is 82.6 Å². The second-order valence-corrected chi connectivity index (χ2v) is 9.20. The van der Waals surface area contributed by atoms with Gasteiger partial charge in [-0.25, -0.2) is 0 Å². The first kappa shape index (κ1) is 25.2. The quantitative estimate of drug-likeness (QED) is 0.399. The fraction of sp³-hybridized carbons (Fsp3) is 0.400. The van der Waals surface area contributed by atoms with Crippen LogP contribution in [-0.2, 0) is 19.4 Å². The van der Waals surface area contributed by atoms with Crippen LogP contribution in [0.25, 0.3) is 0 Å². The Bertz CT molecular complexity index is 989. The van der Waals surface area contributed by atoms with Gasteiger partial charge in [0.2, 0.25) is 0 Å². The molecule has 0 unspecified atom stereocenters. The number of ether oxygens (including phenoxy) is 2. The second kappa shape index (κ2) is 13.9. The van der Waals surface area contributed by atoms with Gasteiger partial charge in [0.15, 0.2) is 0 Å². The summed E-state index contributed by atoms with van der Waals surface area (Å²) in [5.74, 6) is 1.80. The van der Waals surface area contributed by atoms with E-state index in [4.69, 9.17) is 15.2 Å². The molecule has 1 aliphatic heterocycles. The molecule has 1 saturated heterocycles. The van der Waals surface area contributed by atoms with Crippen molar-refractivity contribution in [3.63, 3.8) is 0 Å². The van der Waals surface area contributed by atoms with Crippen molar-refractivity contribution in [1.29, 1.82) is 0 Å². The van der Waals surface area contributed by atoms with Crippen LogP contribution in [-0.4, -0.2) is 62.3 Å². The summed E-state index contributed by atoms with van der Waals surface area (Å²) in [6.45, 7) is 8.42. The molecule has 4 rings (SSSR count). The number of benzene rings is 3. The number of rotatable bonds is 13. The molecule has 1 fully saturated rings. The molecule has 3 aromatic rings. The largest absolute Gasteiger partial charge is 0.493 e. The lowest BCUT2D eigenvalue weighted by molar-refractivity contribution is 0.125. The third-order valence-corrected chi connectivity index (χ3v) is 6.57. The highest BCUT2D eigenvalue weighted by molar-refractivity contribution is 5.41. The molecule has 5 heteroatoms. The van der Waals surface area contributed by atoms with Crippen LogP contribution in [0, 0.1) is 0 Å². The minimum atomic E-state index is 0.650. The Morgan fingerprint density at radius 3 is 1.91 bits per heavy atom. The summed E-state index contributed by atoms with van der Waals surface area (Å²) in [6.07, 6.45) is 2.85. The second-order valence-electron chi connectivity index (χ2n) is 9.20. The van der Waals surface area contributed by atoms with Gasteiger partial charge in [-0.15, -0.1) is 0 Å². The summed E-state index contributed by atoms with van der Waals surface area (Å²) in [5.41, 5.74) is 9.48. The molecule has 5 nitrogen and oxygen atoms in total. The van der Waals surface area contributed by atoms with E-state index in [9.17, 15) is 0 Å². The van der Waals surface area contributed by atoms with Gasteiger partial charge in [0.1, 0.15) is 11.5 Å². The van der Waals surface area contributed by atoms with E-state index in [-0.39, 0.29) is 0 Å². The average Bonchev–Trinajstić information content (AvgIpc) is 2.91. The van der Waals surface area contributed by atoms with Crippen LogP contribution >= 0.6 is 0 Å². The molecule has 0 atom stereocenters. The number of nitrogens with two attached hydrogens (primary N) is 1. The molecule has 35 heavy (non-hydrogen) atoms.